The van der Waals surface area contributed by atoms with Crippen molar-refractivity contribution in [1.29, 1.82) is 0 Å². The summed E-state index contributed by atoms with van der Waals surface area (Å²) in [5.74, 6) is 2.17. The topological polar surface area (TPSA) is 66.0 Å². The summed E-state index contributed by atoms with van der Waals surface area (Å²) in [5, 5.41) is 2.93. The summed E-state index contributed by atoms with van der Waals surface area (Å²) in [7, 11) is 4.67. The Hall–Kier alpha value is -2.89. The van der Waals surface area contributed by atoms with Crippen LogP contribution >= 0.6 is 0 Å². The molecule has 1 atom stereocenters. The number of hydrogen-bond donors (Lipinski definition) is 1. The van der Waals surface area contributed by atoms with E-state index in [0.29, 0.717) is 30.2 Å². The predicted octanol–water partition coefficient (Wildman–Crippen LogP) is 3.80. The van der Waals surface area contributed by atoms with Gasteiger partial charge in [-0.05, 0) is 55.2 Å². The van der Waals surface area contributed by atoms with Crippen LogP contribution in [-0.4, -0.2) is 33.3 Å². The molecule has 2 rings (SSSR count). The van der Waals surface area contributed by atoms with Gasteiger partial charge in [0, 0.05) is 6.54 Å². The Morgan fingerprint density at radius 3 is 2.14 bits per heavy atom. The molecule has 6 heteroatoms. The van der Waals surface area contributed by atoms with Crippen LogP contribution in [0.3, 0.4) is 0 Å². The third-order valence-corrected chi connectivity index (χ3v) is 4.47. The van der Waals surface area contributed by atoms with Crippen LogP contribution < -0.4 is 24.3 Å². The zero-order chi connectivity index (χ0) is 20.7. The molecule has 0 saturated heterocycles. The smallest absolute Gasteiger partial charge is 0.261 e. The van der Waals surface area contributed by atoms with Crippen molar-refractivity contribution in [2.24, 2.45) is 0 Å². The van der Waals surface area contributed by atoms with Crippen molar-refractivity contribution in [2.45, 2.75) is 39.8 Å². The monoisotopic (exact) mass is 387 g/mol. The Kier molecular flexibility index (Phi) is 7.55. The predicted molar refractivity (Wildman–Crippen MR) is 109 cm³/mol. The minimum atomic E-state index is -0.567. The van der Waals surface area contributed by atoms with Crippen LogP contribution in [0, 0.1) is 13.8 Å². The van der Waals surface area contributed by atoms with E-state index in [9.17, 15) is 4.79 Å². The second kappa shape index (κ2) is 9.88. The van der Waals surface area contributed by atoms with Crippen LogP contribution in [0.4, 0.5) is 0 Å². The molecule has 0 radical (unpaired) electrons. The van der Waals surface area contributed by atoms with Crippen molar-refractivity contribution in [2.75, 3.05) is 21.3 Å². The maximum atomic E-state index is 12.7. The van der Waals surface area contributed by atoms with Crippen molar-refractivity contribution >= 4 is 5.91 Å². The first-order valence-corrected chi connectivity index (χ1v) is 9.23. The highest BCUT2D eigenvalue weighted by Gasteiger charge is 2.20. The maximum absolute atomic E-state index is 12.7. The fourth-order valence-electron chi connectivity index (χ4n) is 2.85. The first kappa shape index (κ1) is 21.4. The van der Waals surface area contributed by atoms with Gasteiger partial charge >= 0.3 is 0 Å². The number of aryl methyl sites for hydroxylation is 2. The highest BCUT2D eigenvalue weighted by Crippen LogP contribution is 2.38. The zero-order valence-corrected chi connectivity index (χ0v) is 17.4. The number of ether oxygens (including phenoxy) is 4. The standard InChI is InChI=1S/C22H29NO5/c1-7-17(28-18-10-14(2)8-9-15(18)3)22(24)23-13-16-11-19(25-4)21(27-6)20(12-16)26-5/h8-12,17H,7,13H2,1-6H3,(H,23,24)/t17-/m1/s1. The molecule has 1 amide bonds. The third-order valence-electron chi connectivity index (χ3n) is 4.47. The average Bonchev–Trinajstić information content (AvgIpc) is 2.71. The molecule has 0 spiro atoms. The Balaban J connectivity index is 2.10. The molecule has 0 aliphatic rings. The zero-order valence-electron chi connectivity index (χ0n) is 17.4. The molecule has 0 aromatic heterocycles. The number of carbonyl (C=O) groups is 1. The fourth-order valence-corrected chi connectivity index (χ4v) is 2.85. The molecule has 0 unspecified atom stereocenters. The van der Waals surface area contributed by atoms with Crippen LogP contribution in [-0.2, 0) is 11.3 Å². The number of amides is 1. The van der Waals surface area contributed by atoms with Crippen LogP contribution in [0.1, 0.15) is 30.0 Å². The summed E-state index contributed by atoms with van der Waals surface area (Å²) in [5.41, 5.74) is 2.93. The summed E-state index contributed by atoms with van der Waals surface area (Å²) in [6, 6.07) is 9.59. The lowest BCUT2D eigenvalue weighted by Gasteiger charge is -2.19. The van der Waals surface area contributed by atoms with E-state index >= 15 is 0 Å². The molecule has 2 aromatic rings. The molecule has 0 bridgehead atoms. The molecule has 152 valence electrons. The van der Waals surface area contributed by atoms with Gasteiger partial charge in [0.25, 0.3) is 5.91 Å². The molecule has 2 aromatic carbocycles. The lowest BCUT2D eigenvalue weighted by Crippen LogP contribution is -2.37. The highest BCUT2D eigenvalue weighted by atomic mass is 16.5. The molecule has 1 N–H and O–H groups in total. The van der Waals surface area contributed by atoms with E-state index in [0.717, 1.165) is 22.4 Å². The Labute approximate surface area is 166 Å². The molecule has 0 aliphatic heterocycles. The lowest BCUT2D eigenvalue weighted by molar-refractivity contribution is -0.128. The van der Waals surface area contributed by atoms with E-state index in [1.807, 2.05) is 51.1 Å². The summed E-state index contributed by atoms with van der Waals surface area (Å²) in [4.78, 5) is 12.7. The van der Waals surface area contributed by atoms with Crippen molar-refractivity contribution in [3.8, 4) is 23.0 Å². The highest BCUT2D eigenvalue weighted by molar-refractivity contribution is 5.81. The fraction of sp³-hybridized carbons (Fsp3) is 0.409. The van der Waals surface area contributed by atoms with Crippen molar-refractivity contribution in [3.05, 3.63) is 47.0 Å². The molecule has 0 saturated carbocycles. The number of nitrogens with one attached hydrogen (secondary N) is 1. The normalized spacial score (nSPS) is 11.5. The van der Waals surface area contributed by atoms with Gasteiger partial charge in [0.2, 0.25) is 5.75 Å². The Morgan fingerprint density at radius 1 is 0.964 bits per heavy atom. The second-order valence-corrected chi connectivity index (χ2v) is 6.54. The molecule has 0 heterocycles. The SMILES string of the molecule is CC[C@@H](Oc1cc(C)ccc1C)C(=O)NCc1cc(OC)c(OC)c(OC)c1. The number of benzene rings is 2. The minimum Gasteiger partial charge on any atom is -0.493 e. The third kappa shape index (κ3) is 5.09. The van der Waals surface area contributed by atoms with E-state index in [-0.39, 0.29) is 5.91 Å². The second-order valence-electron chi connectivity index (χ2n) is 6.54. The number of carbonyl (C=O) groups excluding carboxylic acids is 1. The van der Waals surface area contributed by atoms with Crippen molar-refractivity contribution in [1.82, 2.24) is 5.32 Å². The van der Waals surface area contributed by atoms with Gasteiger partial charge in [0.15, 0.2) is 17.6 Å². The largest absolute Gasteiger partial charge is 0.493 e. The van der Waals surface area contributed by atoms with Gasteiger partial charge in [-0.25, -0.2) is 0 Å². The van der Waals surface area contributed by atoms with Crippen LogP contribution in [0.2, 0.25) is 0 Å². The first-order chi connectivity index (χ1) is 13.4. The number of hydrogen-bond acceptors (Lipinski definition) is 5. The number of methoxy groups -OCH3 is 3. The maximum Gasteiger partial charge on any atom is 0.261 e. The van der Waals surface area contributed by atoms with E-state index in [4.69, 9.17) is 18.9 Å². The minimum absolute atomic E-state index is 0.169. The van der Waals surface area contributed by atoms with E-state index in [1.54, 1.807) is 21.3 Å². The first-order valence-electron chi connectivity index (χ1n) is 9.23. The molecule has 0 fully saturated rings. The Bertz CT molecular complexity index is 794. The van der Waals surface area contributed by atoms with E-state index in [1.165, 1.54) is 0 Å². The Morgan fingerprint density at radius 2 is 1.61 bits per heavy atom. The van der Waals surface area contributed by atoms with Crippen molar-refractivity contribution in [3.63, 3.8) is 0 Å². The van der Waals surface area contributed by atoms with Gasteiger partial charge in [-0.1, -0.05) is 19.1 Å². The lowest BCUT2D eigenvalue weighted by atomic mass is 10.1. The molecular weight excluding hydrogens is 358 g/mol. The molecular formula is C22H29NO5. The van der Waals surface area contributed by atoms with Gasteiger partial charge in [0.05, 0.1) is 21.3 Å². The quantitative estimate of drug-likeness (QED) is 0.709. The molecule has 0 aliphatic carbocycles. The van der Waals surface area contributed by atoms with Crippen LogP contribution in [0.15, 0.2) is 30.3 Å². The van der Waals surface area contributed by atoms with Gasteiger partial charge in [-0.2, -0.15) is 0 Å². The summed E-state index contributed by atoms with van der Waals surface area (Å²) in [6.45, 7) is 6.21. The van der Waals surface area contributed by atoms with Crippen LogP contribution in [0.5, 0.6) is 23.0 Å². The van der Waals surface area contributed by atoms with Gasteiger partial charge in [0.1, 0.15) is 5.75 Å². The summed E-state index contributed by atoms with van der Waals surface area (Å²) in [6.07, 6.45) is -0.00313. The average molecular weight is 387 g/mol. The van der Waals surface area contributed by atoms with E-state index < -0.39 is 6.10 Å². The van der Waals surface area contributed by atoms with Gasteiger partial charge in [-0.15, -0.1) is 0 Å². The number of rotatable bonds is 9. The summed E-state index contributed by atoms with van der Waals surface area (Å²) < 4.78 is 22.0. The van der Waals surface area contributed by atoms with Gasteiger partial charge < -0.3 is 24.3 Å². The molecule has 28 heavy (non-hydrogen) atoms. The van der Waals surface area contributed by atoms with Gasteiger partial charge in [-0.3, -0.25) is 4.79 Å². The summed E-state index contributed by atoms with van der Waals surface area (Å²) >= 11 is 0. The van der Waals surface area contributed by atoms with Crippen LogP contribution in [0.25, 0.3) is 0 Å². The van der Waals surface area contributed by atoms with Crippen molar-refractivity contribution < 1.29 is 23.7 Å². The molecule has 6 nitrogen and oxygen atoms in total. The van der Waals surface area contributed by atoms with E-state index in [2.05, 4.69) is 5.32 Å².